The Morgan fingerprint density at radius 3 is 2.42 bits per heavy atom. The van der Waals surface area contributed by atoms with Crippen LogP contribution in [0, 0.1) is 23.2 Å². The summed E-state index contributed by atoms with van der Waals surface area (Å²) in [5, 5.41) is 12.1. The van der Waals surface area contributed by atoms with E-state index in [0.29, 0.717) is 22.9 Å². The molecule has 7 nitrogen and oxygen atoms in total. The van der Waals surface area contributed by atoms with Gasteiger partial charge in [0.25, 0.3) is 5.92 Å². The fraction of sp³-hybridized carbons (Fsp3) is 0.462. The van der Waals surface area contributed by atoms with E-state index < -0.39 is 64.1 Å². The molecule has 4 atom stereocenters. The standard InChI is InChI=1S/C26H24Cl2F2N4O3S/c27-20-9-15(16-3-7-32-22(28)10-16)1-2-21(20)38(37)17-11-18(23(35)33-25(13-31)4-5-25)19(12-17)24(36)34-8-6-26(29,30)14-34/h1-3,7,9-10,17-19H,4-6,8,11-12,14H2,(H,33,35)/t17?,18-,19?,38?/m1/s1. The molecular weight excluding hydrogens is 557 g/mol. The predicted molar refractivity (Wildman–Crippen MR) is 138 cm³/mol. The average molecular weight is 581 g/mol. The van der Waals surface area contributed by atoms with Crippen LogP contribution in [0.2, 0.25) is 10.2 Å². The van der Waals surface area contributed by atoms with Crippen LogP contribution in [0.4, 0.5) is 8.78 Å². The number of rotatable bonds is 6. The summed E-state index contributed by atoms with van der Waals surface area (Å²) in [5.74, 6) is -5.79. The third-order valence-electron chi connectivity index (χ3n) is 7.49. The number of alkyl halides is 2. The van der Waals surface area contributed by atoms with Crippen molar-refractivity contribution in [3.63, 3.8) is 0 Å². The van der Waals surface area contributed by atoms with Gasteiger partial charge in [0.15, 0.2) is 0 Å². The summed E-state index contributed by atoms with van der Waals surface area (Å²) in [6.45, 7) is -0.794. The Hall–Kier alpha value is -2.61. The molecule has 2 aliphatic carbocycles. The molecule has 0 radical (unpaired) electrons. The van der Waals surface area contributed by atoms with E-state index in [-0.39, 0.29) is 24.4 Å². The summed E-state index contributed by atoms with van der Waals surface area (Å²) >= 11 is 12.5. The maximum atomic E-state index is 13.8. The number of nitriles is 1. The van der Waals surface area contributed by atoms with Crippen LogP contribution in [0.15, 0.2) is 41.4 Å². The number of halogens is 4. The Balaban J connectivity index is 1.38. The monoisotopic (exact) mass is 580 g/mol. The zero-order valence-corrected chi connectivity index (χ0v) is 22.5. The number of likely N-dealkylation sites (tertiary alicyclic amines) is 1. The Morgan fingerprint density at radius 1 is 1.11 bits per heavy atom. The number of nitrogens with zero attached hydrogens (tertiary/aromatic N) is 3. The van der Waals surface area contributed by atoms with Gasteiger partial charge in [-0.05, 0) is 61.1 Å². The van der Waals surface area contributed by atoms with Gasteiger partial charge in [-0.15, -0.1) is 0 Å². The van der Waals surface area contributed by atoms with E-state index in [1.807, 2.05) is 0 Å². The van der Waals surface area contributed by atoms with Crippen LogP contribution in [0.1, 0.15) is 32.1 Å². The Kier molecular flexibility index (Phi) is 7.22. The zero-order valence-electron chi connectivity index (χ0n) is 20.1. The second-order valence-corrected chi connectivity index (χ2v) is 12.7. The molecule has 38 heavy (non-hydrogen) atoms. The fourth-order valence-electron chi connectivity index (χ4n) is 5.21. The SMILES string of the molecule is N#CC1(NC(=O)[C@@H]2CC(S(=O)c3ccc(-c4ccnc(Cl)c4)cc3Cl)CC2C(=O)N2CCC(F)(F)C2)CC1. The number of carbonyl (C=O) groups excluding carboxylic acids is 2. The fourth-order valence-corrected chi connectivity index (χ4v) is 7.37. The quantitative estimate of drug-likeness (QED) is 0.503. The third-order valence-corrected chi connectivity index (χ3v) is 9.90. The Morgan fingerprint density at radius 2 is 1.82 bits per heavy atom. The van der Waals surface area contributed by atoms with Crippen LogP contribution in [0.3, 0.4) is 0 Å². The summed E-state index contributed by atoms with van der Waals surface area (Å²) in [7, 11) is -1.67. The summed E-state index contributed by atoms with van der Waals surface area (Å²) in [6.07, 6.45) is 2.35. The first kappa shape index (κ1) is 27.0. The highest BCUT2D eigenvalue weighted by Crippen LogP contribution is 2.42. The Labute approximate surface area is 231 Å². The molecule has 1 saturated heterocycles. The molecule has 3 aliphatic rings. The van der Waals surface area contributed by atoms with Crippen molar-refractivity contribution in [2.75, 3.05) is 13.1 Å². The van der Waals surface area contributed by atoms with Gasteiger partial charge in [0.2, 0.25) is 11.8 Å². The lowest BCUT2D eigenvalue weighted by Crippen LogP contribution is -2.45. The van der Waals surface area contributed by atoms with Crippen LogP contribution in [0.5, 0.6) is 0 Å². The predicted octanol–water partition coefficient (Wildman–Crippen LogP) is 4.60. The lowest BCUT2D eigenvalue weighted by atomic mass is 9.93. The number of benzene rings is 1. The molecule has 200 valence electrons. The molecule has 5 rings (SSSR count). The summed E-state index contributed by atoms with van der Waals surface area (Å²) in [4.78, 5) is 31.9. The van der Waals surface area contributed by atoms with E-state index in [0.717, 1.165) is 16.0 Å². The number of hydrogen-bond acceptors (Lipinski definition) is 5. The normalized spacial score (nSPS) is 26.0. The molecule has 2 saturated carbocycles. The Bertz CT molecular complexity index is 1360. The van der Waals surface area contributed by atoms with Crippen molar-refractivity contribution in [3.8, 4) is 17.2 Å². The molecule has 0 spiro atoms. The maximum absolute atomic E-state index is 13.8. The van der Waals surface area contributed by atoms with Crippen molar-refractivity contribution in [2.45, 2.75) is 53.7 Å². The molecular formula is C26H24Cl2F2N4O3S. The number of amides is 2. The lowest BCUT2D eigenvalue weighted by Gasteiger charge is -2.24. The van der Waals surface area contributed by atoms with Crippen molar-refractivity contribution in [1.82, 2.24) is 15.2 Å². The first-order valence-electron chi connectivity index (χ1n) is 12.2. The van der Waals surface area contributed by atoms with Crippen molar-refractivity contribution < 1.29 is 22.6 Å². The van der Waals surface area contributed by atoms with Crippen molar-refractivity contribution >= 4 is 45.8 Å². The summed E-state index contributed by atoms with van der Waals surface area (Å²) < 4.78 is 41.3. The summed E-state index contributed by atoms with van der Waals surface area (Å²) in [6, 6.07) is 10.6. The second kappa shape index (κ2) is 10.2. The van der Waals surface area contributed by atoms with Gasteiger partial charge in [0.05, 0.1) is 45.2 Å². The molecule has 3 unspecified atom stereocenters. The van der Waals surface area contributed by atoms with Crippen molar-refractivity contribution in [2.24, 2.45) is 11.8 Å². The molecule has 1 N–H and O–H groups in total. The van der Waals surface area contributed by atoms with E-state index in [2.05, 4.69) is 16.4 Å². The van der Waals surface area contributed by atoms with Gasteiger partial charge < -0.3 is 10.2 Å². The topological polar surface area (TPSA) is 103 Å². The van der Waals surface area contributed by atoms with Gasteiger partial charge >= 0.3 is 0 Å². The van der Waals surface area contributed by atoms with Gasteiger partial charge in [0, 0.05) is 24.4 Å². The maximum Gasteiger partial charge on any atom is 0.267 e. The number of hydrogen-bond donors (Lipinski definition) is 1. The highest BCUT2D eigenvalue weighted by molar-refractivity contribution is 7.85. The molecule has 2 amide bonds. The molecule has 3 fully saturated rings. The minimum atomic E-state index is -2.97. The molecule has 2 heterocycles. The van der Waals surface area contributed by atoms with E-state index in [1.54, 1.807) is 36.5 Å². The molecule has 1 aromatic heterocycles. The highest BCUT2D eigenvalue weighted by atomic mass is 35.5. The smallest absolute Gasteiger partial charge is 0.267 e. The first-order chi connectivity index (χ1) is 18.0. The largest absolute Gasteiger partial charge is 0.338 e. The third kappa shape index (κ3) is 5.42. The molecule has 1 aromatic carbocycles. The summed E-state index contributed by atoms with van der Waals surface area (Å²) in [5.41, 5.74) is 0.580. The molecule has 1 aliphatic heterocycles. The van der Waals surface area contributed by atoms with Crippen molar-refractivity contribution in [1.29, 1.82) is 5.26 Å². The van der Waals surface area contributed by atoms with Crippen LogP contribution in [-0.4, -0.2) is 55.7 Å². The van der Waals surface area contributed by atoms with Gasteiger partial charge in [-0.2, -0.15) is 5.26 Å². The van der Waals surface area contributed by atoms with Crippen LogP contribution in [-0.2, 0) is 20.4 Å². The van der Waals surface area contributed by atoms with Gasteiger partial charge in [-0.1, -0.05) is 29.3 Å². The first-order valence-corrected chi connectivity index (χ1v) is 14.2. The lowest BCUT2D eigenvalue weighted by molar-refractivity contribution is -0.141. The number of nitrogens with one attached hydrogen (secondary N) is 1. The molecule has 0 bridgehead atoms. The number of carbonyl (C=O) groups is 2. The molecule has 2 aromatic rings. The van der Waals surface area contributed by atoms with Gasteiger partial charge in [-0.3, -0.25) is 13.8 Å². The van der Waals surface area contributed by atoms with Crippen molar-refractivity contribution in [3.05, 3.63) is 46.7 Å². The molecule has 12 heteroatoms. The van der Waals surface area contributed by atoms with Crippen LogP contribution >= 0.6 is 23.2 Å². The number of aromatic nitrogens is 1. The van der Waals surface area contributed by atoms with E-state index in [9.17, 15) is 27.8 Å². The van der Waals surface area contributed by atoms with Crippen LogP contribution < -0.4 is 5.32 Å². The van der Waals surface area contributed by atoms with E-state index >= 15 is 0 Å². The van der Waals surface area contributed by atoms with E-state index in [1.165, 1.54) is 0 Å². The number of pyridine rings is 1. The minimum absolute atomic E-state index is 0.0865. The zero-order chi connectivity index (χ0) is 27.2. The van der Waals surface area contributed by atoms with Gasteiger partial charge in [0.1, 0.15) is 10.7 Å². The average Bonchev–Trinajstić information content (AvgIpc) is 3.34. The second-order valence-electron chi connectivity index (χ2n) is 10.2. The minimum Gasteiger partial charge on any atom is -0.338 e. The highest BCUT2D eigenvalue weighted by Gasteiger charge is 2.52. The van der Waals surface area contributed by atoms with Gasteiger partial charge in [-0.25, -0.2) is 13.8 Å². The van der Waals surface area contributed by atoms with Crippen LogP contribution in [0.25, 0.3) is 11.1 Å². The van der Waals surface area contributed by atoms with E-state index in [4.69, 9.17) is 23.2 Å².